The number of ether oxygens (including phenoxy) is 1. The van der Waals surface area contributed by atoms with E-state index in [9.17, 15) is 29.1 Å². The number of esters is 1. The lowest BCUT2D eigenvalue weighted by Crippen LogP contribution is -2.25. The van der Waals surface area contributed by atoms with Crippen LogP contribution in [-0.2, 0) is 24.9 Å². The minimum atomic E-state index is -1.40. The van der Waals surface area contributed by atoms with Crippen LogP contribution in [0.4, 0.5) is 0 Å². The summed E-state index contributed by atoms with van der Waals surface area (Å²) in [6.45, 7) is 0.547. The van der Waals surface area contributed by atoms with Gasteiger partial charge in [-0.1, -0.05) is 30.8 Å². The third-order valence-electron chi connectivity index (χ3n) is 5.98. The fraction of sp³-hybridized carbons (Fsp3) is 0.185. The molecule has 0 unspecified atom stereocenters. The van der Waals surface area contributed by atoms with Gasteiger partial charge in [0.15, 0.2) is 22.6 Å². The van der Waals surface area contributed by atoms with E-state index in [2.05, 4.69) is 25.3 Å². The molecule has 6 N–H and O–H groups in total. The van der Waals surface area contributed by atoms with Gasteiger partial charge in [-0.05, 0) is 35.4 Å². The van der Waals surface area contributed by atoms with E-state index in [-0.39, 0.29) is 37.0 Å². The Morgan fingerprint density at radius 3 is 2.35 bits per heavy atom. The van der Waals surface area contributed by atoms with Gasteiger partial charge in [0.1, 0.15) is 5.69 Å². The lowest BCUT2D eigenvalue weighted by atomic mass is 10.1. The molecule has 16 nitrogen and oxygen atoms in total. The molecule has 0 saturated heterocycles. The van der Waals surface area contributed by atoms with Gasteiger partial charge < -0.3 is 31.0 Å². The summed E-state index contributed by atoms with van der Waals surface area (Å²) in [7, 11) is 2.91. The van der Waals surface area contributed by atoms with E-state index in [0.29, 0.717) is 28.8 Å². The van der Waals surface area contributed by atoms with Gasteiger partial charge in [-0.2, -0.15) is 4.52 Å². The minimum absolute atomic E-state index is 0. The van der Waals surface area contributed by atoms with Crippen LogP contribution in [0.5, 0.6) is 0 Å². The Balaban J connectivity index is 0.000000329. The van der Waals surface area contributed by atoms with Crippen LogP contribution in [0.1, 0.15) is 60.4 Å². The molecule has 43 heavy (non-hydrogen) atoms. The highest BCUT2D eigenvalue weighted by Gasteiger charge is 2.22. The molecule has 3 heterocycles. The zero-order chi connectivity index (χ0) is 30.6. The molecule has 0 saturated carbocycles. The van der Waals surface area contributed by atoms with E-state index in [1.165, 1.54) is 11.7 Å². The van der Waals surface area contributed by atoms with Crippen molar-refractivity contribution in [3.05, 3.63) is 92.9 Å². The largest absolute Gasteiger partial charge is 0.477 e. The summed E-state index contributed by atoms with van der Waals surface area (Å²) in [5.41, 5.74) is 12.5. The summed E-state index contributed by atoms with van der Waals surface area (Å²) in [6.07, 6.45) is 0. The van der Waals surface area contributed by atoms with Gasteiger partial charge in [-0.15, -0.1) is 5.10 Å². The van der Waals surface area contributed by atoms with Crippen molar-refractivity contribution in [3.63, 3.8) is 0 Å². The summed E-state index contributed by atoms with van der Waals surface area (Å²) >= 11 is 0. The normalized spacial score (nSPS) is 10.4. The van der Waals surface area contributed by atoms with Crippen LogP contribution < -0.4 is 22.5 Å². The summed E-state index contributed by atoms with van der Waals surface area (Å²) in [6, 6.07) is 13.0. The topological polar surface area (TPSA) is 240 Å². The number of carboxylic acids is 1. The number of primary amides is 1. The number of methoxy groups -OCH3 is 1. The van der Waals surface area contributed by atoms with Crippen LogP contribution in [0.3, 0.4) is 0 Å². The van der Waals surface area contributed by atoms with Gasteiger partial charge in [-0.3, -0.25) is 14.2 Å². The fourth-order valence-corrected chi connectivity index (χ4v) is 3.75. The van der Waals surface area contributed by atoms with Gasteiger partial charge in [0.25, 0.3) is 11.8 Å². The molecule has 0 aliphatic carbocycles. The molecule has 0 aliphatic rings. The highest BCUT2D eigenvalue weighted by Crippen LogP contribution is 2.15. The Morgan fingerprint density at radius 2 is 1.74 bits per heavy atom. The van der Waals surface area contributed by atoms with E-state index >= 15 is 0 Å². The first-order valence-electron chi connectivity index (χ1n) is 12.1. The van der Waals surface area contributed by atoms with Crippen molar-refractivity contribution < 1.29 is 33.4 Å². The van der Waals surface area contributed by atoms with Crippen LogP contribution in [-0.4, -0.2) is 60.3 Å². The molecule has 224 valence electrons. The summed E-state index contributed by atoms with van der Waals surface area (Å²) in [5.74, 6) is -3.89. The number of fused-ring (bicyclic) bond motifs is 2. The van der Waals surface area contributed by atoms with Crippen molar-refractivity contribution in [1.82, 2.24) is 29.7 Å². The number of carbonyl (C=O) groups excluding carboxylic acids is 3. The molecule has 0 radical (unpaired) electrons. The van der Waals surface area contributed by atoms with Crippen LogP contribution in [0.2, 0.25) is 0 Å². The third kappa shape index (κ3) is 6.71. The van der Waals surface area contributed by atoms with E-state index in [1.807, 2.05) is 12.1 Å². The zero-order valence-corrected chi connectivity index (χ0v) is 22.2. The first-order valence-corrected chi connectivity index (χ1v) is 12.1. The fourth-order valence-electron chi connectivity index (χ4n) is 3.75. The second kappa shape index (κ2) is 13.2. The van der Waals surface area contributed by atoms with E-state index in [0.717, 1.165) is 16.1 Å². The number of oxazole rings is 1. The number of aromatic carboxylic acids is 1. The molecule has 16 heteroatoms. The van der Waals surface area contributed by atoms with Crippen molar-refractivity contribution in [3.8, 4) is 0 Å². The number of amides is 2. The number of nitrogens with one attached hydrogen (secondary N) is 1. The summed E-state index contributed by atoms with van der Waals surface area (Å²) < 4.78 is 11.7. The molecule has 0 aliphatic heterocycles. The van der Waals surface area contributed by atoms with Gasteiger partial charge in [0.05, 0.1) is 18.2 Å². The number of rotatable bonds is 7. The van der Waals surface area contributed by atoms with E-state index in [4.69, 9.17) is 15.9 Å². The second-order valence-electron chi connectivity index (χ2n) is 8.67. The van der Waals surface area contributed by atoms with Crippen molar-refractivity contribution in [2.45, 2.75) is 20.5 Å². The molecule has 0 fully saturated rings. The molecule has 2 amide bonds. The van der Waals surface area contributed by atoms with Crippen LogP contribution in [0.15, 0.2) is 57.7 Å². The molecule has 0 atom stereocenters. The Bertz CT molecular complexity index is 1890. The third-order valence-corrected chi connectivity index (χ3v) is 5.98. The Hall–Kier alpha value is -5.90. The van der Waals surface area contributed by atoms with Crippen molar-refractivity contribution in [2.24, 2.45) is 18.5 Å². The molecule has 2 aromatic carbocycles. The number of nitrogens with two attached hydrogens (primary N) is 2. The number of aromatic nitrogens is 5. The van der Waals surface area contributed by atoms with Gasteiger partial charge >= 0.3 is 17.7 Å². The number of nitrogens with zero attached hydrogens (tertiary/aromatic N) is 5. The SMILES string of the molecule is C.COC(=O)c1ccc(CN)cc1.Cn1c(=O)oc2ccc(CNC(=O)c3cc(C(=O)O)n4nnc(C(N)=O)c4n3)cc21. The predicted molar refractivity (Wildman–Crippen MR) is 151 cm³/mol. The molecule has 5 rings (SSSR count). The smallest absolute Gasteiger partial charge is 0.419 e. The first kappa shape index (κ1) is 31.6. The number of carbonyl (C=O) groups is 4. The molecule has 5 aromatic rings. The van der Waals surface area contributed by atoms with Gasteiger partial charge in [-0.25, -0.2) is 19.4 Å². The second-order valence-corrected chi connectivity index (χ2v) is 8.67. The maximum Gasteiger partial charge on any atom is 0.419 e. The van der Waals surface area contributed by atoms with Crippen LogP contribution >= 0.6 is 0 Å². The number of benzene rings is 2. The monoisotopic (exact) mass is 592 g/mol. The standard InChI is InChI=1S/C17H13N7O6.C9H11NO2.CH4/c1-23-9-4-7(2-3-11(9)30-17(23)29)6-19-15(26)8-5-10(16(27)28)24-14(20-8)12(13(18)25)21-22-24;1-12-9(11)8-4-2-7(6-10)3-5-8;/h2-5H,6H2,1H3,(H2,18,25)(H,19,26)(H,27,28);2-5H,6,10H2,1H3;1H4. The van der Waals surface area contributed by atoms with Crippen molar-refractivity contribution in [1.29, 1.82) is 0 Å². The lowest BCUT2D eigenvalue weighted by Gasteiger charge is -2.07. The maximum absolute atomic E-state index is 12.6. The first-order chi connectivity index (χ1) is 20.0. The number of carboxylic acid groups (broad SMARTS) is 1. The van der Waals surface area contributed by atoms with Gasteiger partial charge in [0.2, 0.25) is 0 Å². The average Bonchev–Trinajstić information content (AvgIpc) is 3.55. The van der Waals surface area contributed by atoms with E-state index < -0.39 is 29.2 Å². The highest BCUT2D eigenvalue weighted by atomic mass is 16.5. The zero-order valence-electron chi connectivity index (χ0n) is 22.2. The number of hydrogen-bond acceptors (Lipinski definition) is 11. The Morgan fingerprint density at radius 1 is 1.07 bits per heavy atom. The highest BCUT2D eigenvalue weighted by molar-refractivity contribution is 6.00. The minimum Gasteiger partial charge on any atom is -0.477 e. The van der Waals surface area contributed by atoms with Crippen molar-refractivity contribution in [2.75, 3.05) is 7.11 Å². The lowest BCUT2D eigenvalue weighted by molar-refractivity contribution is 0.0599. The summed E-state index contributed by atoms with van der Waals surface area (Å²) in [4.78, 5) is 62.1. The van der Waals surface area contributed by atoms with Gasteiger partial charge in [0, 0.05) is 26.2 Å². The summed E-state index contributed by atoms with van der Waals surface area (Å²) in [5, 5.41) is 19.0. The molecule has 3 aromatic heterocycles. The van der Waals surface area contributed by atoms with Crippen LogP contribution in [0, 0.1) is 0 Å². The molecular weight excluding hydrogens is 564 g/mol. The Kier molecular flexibility index (Phi) is 9.69. The van der Waals surface area contributed by atoms with Crippen LogP contribution in [0.25, 0.3) is 16.7 Å². The molecule has 0 spiro atoms. The average molecular weight is 593 g/mol. The van der Waals surface area contributed by atoms with E-state index in [1.54, 1.807) is 37.4 Å². The molecular formula is C27H28N8O8. The number of aryl methyl sites for hydroxylation is 1. The number of hydrogen-bond donors (Lipinski definition) is 4. The Labute approximate surface area is 242 Å². The molecule has 0 bridgehead atoms. The maximum atomic E-state index is 12.6. The quantitative estimate of drug-likeness (QED) is 0.192. The predicted octanol–water partition coefficient (Wildman–Crippen LogP) is 0.864. The van der Waals surface area contributed by atoms with Crippen molar-refractivity contribution >= 4 is 40.5 Å².